The first-order valence-electron chi connectivity index (χ1n) is 22.3. The van der Waals surface area contributed by atoms with Crippen LogP contribution in [-0.2, 0) is 9.53 Å². The van der Waals surface area contributed by atoms with E-state index in [-0.39, 0.29) is 23.9 Å². The van der Waals surface area contributed by atoms with E-state index in [4.69, 9.17) is 4.74 Å². The van der Waals surface area contributed by atoms with Gasteiger partial charge >= 0.3 is 5.97 Å². The van der Waals surface area contributed by atoms with Gasteiger partial charge in [-0.1, -0.05) is 137 Å². The lowest BCUT2D eigenvalue weighted by molar-refractivity contribution is -0.222. The highest BCUT2D eigenvalue weighted by molar-refractivity contribution is 5.70. The average molecular weight is 695 g/mol. The Morgan fingerprint density at radius 3 is 1.92 bits per heavy atom. The van der Waals surface area contributed by atoms with Crippen molar-refractivity contribution in [3.05, 3.63) is 12.2 Å². The van der Waals surface area contributed by atoms with Crippen molar-refractivity contribution in [3.8, 4) is 0 Å². The van der Waals surface area contributed by atoms with Gasteiger partial charge in [0, 0.05) is 5.41 Å². The molecule has 0 amide bonds. The Hall–Kier alpha value is -0.830. The predicted molar refractivity (Wildman–Crippen MR) is 211 cm³/mol. The van der Waals surface area contributed by atoms with E-state index in [0.29, 0.717) is 22.2 Å². The summed E-state index contributed by atoms with van der Waals surface area (Å²) in [4.78, 5) is 13.2. The van der Waals surface area contributed by atoms with Crippen molar-refractivity contribution in [1.29, 1.82) is 0 Å². The number of unbranched alkanes of at least 4 members (excludes halogenated alkanes) is 12. The monoisotopic (exact) mass is 695 g/mol. The van der Waals surface area contributed by atoms with Gasteiger partial charge in [-0.3, -0.25) is 4.79 Å². The normalized spacial score (nSPS) is 39.5. The van der Waals surface area contributed by atoms with Crippen molar-refractivity contribution < 1.29 is 14.6 Å². The topological polar surface area (TPSA) is 46.5 Å². The molecule has 1 N–H and O–H groups in total. The molecule has 5 fully saturated rings. The van der Waals surface area contributed by atoms with E-state index in [1.54, 1.807) is 0 Å². The number of fused-ring (bicyclic) bond motifs is 7. The Kier molecular flexibility index (Phi) is 13.8. The summed E-state index contributed by atoms with van der Waals surface area (Å²) < 4.78 is 6.32. The predicted octanol–water partition coefficient (Wildman–Crippen LogP) is 13.4. The molecule has 11 unspecified atom stereocenters. The maximum absolute atomic E-state index is 13.2. The van der Waals surface area contributed by atoms with Crippen LogP contribution in [-0.4, -0.2) is 23.3 Å². The molecule has 0 aromatic carbocycles. The minimum atomic E-state index is -0.570. The molecule has 0 saturated heterocycles. The van der Waals surface area contributed by atoms with Crippen molar-refractivity contribution in [2.75, 3.05) is 0 Å². The van der Waals surface area contributed by atoms with Crippen LogP contribution in [0.5, 0.6) is 0 Å². The van der Waals surface area contributed by atoms with Gasteiger partial charge in [0.15, 0.2) is 0 Å². The molecule has 11 atom stereocenters. The molecule has 5 saturated carbocycles. The standard InChI is InChI=1S/C47H82O3/c1-9-10-11-12-13-14-15-16-17-18-19-20-21-22-35(48)33-42(49)50-41-28-32-47(8)39(44(41,4)5)27-31-46(7)38-26-30-45(6)29-25-36(34(2)3)43(45)37(38)23-24-40(46)47/h35-41,43,48H,2,9-33H2,1,3-8H3. The van der Waals surface area contributed by atoms with Crippen LogP contribution in [0.15, 0.2) is 12.2 Å². The fourth-order valence-corrected chi connectivity index (χ4v) is 14.3. The molecular formula is C47H82O3. The molecule has 0 spiro atoms. The molecule has 0 aromatic rings. The first kappa shape index (κ1) is 40.4. The number of aliphatic hydroxyl groups is 1. The lowest BCUT2D eigenvalue weighted by atomic mass is 9.36. The quantitative estimate of drug-likeness (QED) is 0.0882. The Labute approximate surface area is 310 Å². The van der Waals surface area contributed by atoms with E-state index in [0.717, 1.165) is 55.3 Å². The zero-order chi connectivity index (χ0) is 36.2. The second-order valence-electron chi connectivity index (χ2n) is 20.4. The fourth-order valence-electron chi connectivity index (χ4n) is 14.3. The Morgan fingerprint density at radius 1 is 0.720 bits per heavy atom. The van der Waals surface area contributed by atoms with Gasteiger partial charge in [-0.05, 0) is 129 Å². The molecule has 5 rings (SSSR count). The molecule has 5 aliphatic carbocycles. The number of carbonyl (C=O) groups excluding carboxylic acids is 1. The number of esters is 1. The third-order valence-electron chi connectivity index (χ3n) is 16.9. The second kappa shape index (κ2) is 17.1. The highest BCUT2D eigenvalue weighted by Crippen LogP contribution is 2.73. The van der Waals surface area contributed by atoms with Gasteiger partial charge < -0.3 is 9.84 Å². The number of rotatable bonds is 18. The summed E-state index contributed by atoms with van der Waals surface area (Å²) in [5, 5.41) is 10.8. The van der Waals surface area contributed by atoms with E-state index in [2.05, 4.69) is 55.0 Å². The molecule has 0 bridgehead atoms. The second-order valence-corrected chi connectivity index (χ2v) is 20.4. The summed E-state index contributed by atoms with van der Waals surface area (Å²) in [6.07, 6.45) is 30.6. The van der Waals surface area contributed by atoms with Gasteiger partial charge in [-0.15, -0.1) is 0 Å². The summed E-state index contributed by atoms with van der Waals surface area (Å²) >= 11 is 0. The molecule has 0 aromatic heterocycles. The Morgan fingerprint density at radius 2 is 1.30 bits per heavy atom. The number of aliphatic hydroxyl groups excluding tert-OH is 1. The minimum absolute atomic E-state index is 0.0392. The van der Waals surface area contributed by atoms with Gasteiger partial charge in [0.25, 0.3) is 0 Å². The van der Waals surface area contributed by atoms with Gasteiger partial charge in [0.05, 0.1) is 12.5 Å². The highest BCUT2D eigenvalue weighted by Gasteiger charge is 2.67. The fraction of sp³-hybridized carbons (Fsp3) is 0.936. The van der Waals surface area contributed by atoms with E-state index in [1.165, 1.54) is 134 Å². The SMILES string of the molecule is C=C(C)C1CCC2(C)CCC3C(CCC4C3(C)CCC3C(C)(C)C(OC(=O)CC(O)CCCCCCCCCCCCCCC)CCC34C)C12. The molecule has 50 heavy (non-hydrogen) atoms. The number of hydrogen-bond acceptors (Lipinski definition) is 3. The lowest BCUT2D eigenvalue weighted by Gasteiger charge is -2.69. The van der Waals surface area contributed by atoms with Gasteiger partial charge in [0.1, 0.15) is 6.10 Å². The summed E-state index contributed by atoms with van der Waals surface area (Å²) in [6.45, 7) is 21.9. The summed E-state index contributed by atoms with van der Waals surface area (Å²) in [6, 6.07) is 0. The molecule has 5 aliphatic rings. The van der Waals surface area contributed by atoms with Crippen LogP contribution < -0.4 is 0 Å². The van der Waals surface area contributed by atoms with Gasteiger partial charge in [-0.25, -0.2) is 0 Å². The van der Waals surface area contributed by atoms with Crippen LogP contribution in [0, 0.1) is 57.2 Å². The molecule has 0 radical (unpaired) electrons. The van der Waals surface area contributed by atoms with Crippen molar-refractivity contribution in [3.63, 3.8) is 0 Å². The van der Waals surface area contributed by atoms with E-state index < -0.39 is 6.10 Å². The minimum Gasteiger partial charge on any atom is -0.462 e. The lowest BCUT2D eigenvalue weighted by Crippen LogP contribution is -2.63. The number of carbonyl (C=O) groups is 1. The van der Waals surface area contributed by atoms with Crippen molar-refractivity contribution in [1.82, 2.24) is 0 Å². The molecular weight excluding hydrogens is 613 g/mol. The van der Waals surface area contributed by atoms with E-state index >= 15 is 0 Å². The number of ether oxygens (including phenoxy) is 1. The third-order valence-corrected chi connectivity index (χ3v) is 16.9. The summed E-state index contributed by atoms with van der Waals surface area (Å²) in [5.74, 6) is 4.47. The Bertz CT molecular complexity index is 1110. The van der Waals surface area contributed by atoms with Gasteiger partial charge in [0.2, 0.25) is 0 Å². The van der Waals surface area contributed by atoms with Crippen molar-refractivity contribution in [2.24, 2.45) is 57.2 Å². The van der Waals surface area contributed by atoms with Crippen LogP contribution in [0.1, 0.15) is 209 Å². The van der Waals surface area contributed by atoms with Crippen LogP contribution in [0.25, 0.3) is 0 Å². The van der Waals surface area contributed by atoms with Crippen LogP contribution in [0.4, 0.5) is 0 Å². The van der Waals surface area contributed by atoms with Crippen LogP contribution in [0.2, 0.25) is 0 Å². The van der Waals surface area contributed by atoms with Crippen LogP contribution in [0.3, 0.4) is 0 Å². The van der Waals surface area contributed by atoms with Crippen LogP contribution >= 0.6 is 0 Å². The zero-order valence-electron chi connectivity index (χ0n) is 34.3. The maximum atomic E-state index is 13.2. The molecule has 3 heteroatoms. The van der Waals surface area contributed by atoms with E-state index in [1.807, 2.05) is 0 Å². The largest absolute Gasteiger partial charge is 0.462 e. The summed E-state index contributed by atoms with van der Waals surface area (Å²) in [7, 11) is 0. The third kappa shape index (κ3) is 8.44. The molecule has 288 valence electrons. The number of hydrogen-bond donors (Lipinski definition) is 1. The smallest absolute Gasteiger partial charge is 0.308 e. The zero-order valence-corrected chi connectivity index (χ0v) is 34.3. The first-order valence-corrected chi connectivity index (χ1v) is 22.3. The Balaban J connectivity index is 1.06. The average Bonchev–Trinajstić information content (AvgIpc) is 3.42. The van der Waals surface area contributed by atoms with Crippen molar-refractivity contribution >= 4 is 5.97 Å². The number of allylic oxidation sites excluding steroid dienone is 1. The maximum Gasteiger partial charge on any atom is 0.308 e. The molecule has 3 nitrogen and oxygen atoms in total. The van der Waals surface area contributed by atoms with Crippen molar-refractivity contribution in [2.45, 2.75) is 221 Å². The molecule has 0 aliphatic heterocycles. The van der Waals surface area contributed by atoms with Gasteiger partial charge in [-0.2, -0.15) is 0 Å². The summed E-state index contributed by atoms with van der Waals surface area (Å²) in [5.41, 5.74) is 2.67. The van der Waals surface area contributed by atoms with E-state index in [9.17, 15) is 9.90 Å². The highest BCUT2D eigenvalue weighted by atomic mass is 16.5. The molecule has 0 heterocycles. The first-order chi connectivity index (χ1) is 23.8.